The summed E-state index contributed by atoms with van der Waals surface area (Å²) in [7, 11) is 1.64. The monoisotopic (exact) mass is 269 g/mol. The third kappa shape index (κ3) is 4.78. The summed E-state index contributed by atoms with van der Waals surface area (Å²) in [5.74, 6) is -2.79. The molecule has 0 fully saturated rings. The van der Waals surface area contributed by atoms with Gasteiger partial charge in [-0.25, -0.2) is 4.79 Å². The van der Waals surface area contributed by atoms with E-state index in [0.717, 1.165) is 0 Å². The molecule has 1 heterocycles. The summed E-state index contributed by atoms with van der Waals surface area (Å²) in [5.41, 5.74) is 0.118. The van der Waals surface area contributed by atoms with E-state index >= 15 is 0 Å². The maximum atomic E-state index is 11.7. The average Bonchev–Trinajstić information content (AvgIpc) is 2.73. The van der Waals surface area contributed by atoms with E-state index in [1.807, 2.05) is 0 Å². The molecule has 0 saturated heterocycles. The molecule has 3 N–H and O–H groups in total. The van der Waals surface area contributed by atoms with Crippen LogP contribution in [0.2, 0.25) is 0 Å². The highest BCUT2D eigenvalue weighted by atomic mass is 16.4. The standard InChI is InChI=1S/C11H15N3O5/c1-14-6-5-7(13-14)10(17)12-8(11(18)19)3-2-4-9(15)16/h5-6,8H,2-4H2,1H3,(H,12,17)(H,15,16)(H,18,19)/t8-/m1/s1. The lowest BCUT2D eigenvalue weighted by molar-refractivity contribution is -0.140. The molecule has 0 saturated carbocycles. The first-order valence-corrected chi connectivity index (χ1v) is 5.65. The molecule has 0 aromatic carbocycles. The Hall–Kier alpha value is -2.38. The van der Waals surface area contributed by atoms with Crippen LogP contribution >= 0.6 is 0 Å². The molecule has 0 aliphatic heterocycles. The number of carbonyl (C=O) groups is 3. The largest absolute Gasteiger partial charge is 0.481 e. The van der Waals surface area contributed by atoms with Gasteiger partial charge in [0.25, 0.3) is 5.91 Å². The lowest BCUT2D eigenvalue weighted by Crippen LogP contribution is -2.41. The van der Waals surface area contributed by atoms with Crippen LogP contribution in [-0.4, -0.2) is 43.9 Å². The zero-order chi connectivity index (χ0) is 14.4. The number of amides is 1. The molecule has 1 rings (SSSR count). The van der Waals surface area contributed by atoms with Gasteiger partial charge in [-0.2, -0.15) is 5.10 Å². The van der Waals surface area contributed by atoms with Crippen molar-refractivity contribution >= 4 is 17.8 Å². The van der Waals surface area contributed by atoms with Crippen molar-refractivity contribution in [3.05, 3.63) is 18.0 Å². The van der Waals surface area contributed by atoms with Crippen LogP contribution in [-0.2, 0) is 16.6 Å². The third-order valence-corrected chi connectivity index (χ3v) is 2.43. The number of aromatic nitrogens is 2. The Morgan fingerprint density at radius 3 is 2.58 bits per heavy atom. The Kier molecular flexibility index (Phi) is 5.04. The van der Waals surface area contributed by atoms with Gasteiger partial charge < -0.3 is 15.5 Å². The van der Waals surface area contributed by atoms with Crippen molar-refractivity contribution in [1.82, 2.24) is 15.1 Å². The Bertz CT molecular complexity index is 482. The molecule has 1 aromatic rings. The van der Waals surface area contributed by atoms with Crippen LogP contribution in [0.1, 0.15) is 29.8 Å². The van der Waals surface area contributed by atoms with Crippen molar-refractivity contribution in [3.8, 4) is 0 Å². The zero-order valence-electron chi connectivity index (χ0n) is 10.4. The van der Waals surface area contributed by atoms with Gasteiger partial charge in [0, 0.05) is 19.7 Å². The number of aliphatic carboxylic acids is 2. The summed E-state index contributed by atoms with van der Waals surface area (Å²) in [4.78, 5) is 33.0. The van der Waals surface area contributed by atoms with Gasteiger partial charge >= 0.3 is 11.9 Å². The topological polar surface area (TPSA) is 122 Å². The number of carboxylic acids is 2. The first-order chi connectivity index (χ1) is 8.90. The zero-order valence-corrected chi connectivity index (χ0v) is 10.4. The Balaban J connectivity index is 2.55. The van der Waals surface area contributed by atoms with Crippen LogP contribution in [0, 0.1) is 0 Å². The van der Waals surface area contributed by atoms with Gasteiger partial charge in [-0.3, -0.25) is 14.3 Å². The first kappa shape index (κ1) is 14.7. The van der Waals surface area contributed by atoms with Crippen LogP contribution < -0.4 is 5.32 Å². The van der Waals surface area contributed by atoms with Crippen molar-refractivity contribution in [2.24, 2.45) is 7.05 Å². The van der Waals surface area contributed by atoms with E-state index < -0.39 is 23.9 Å². The predicted molar refractivity (Wildman–Crippen MR) is 63.6 cm³/mol. The van der Waals surface area contributed by atoms with Gasteiger partial charge in [0.2, 0.25) is 0 Å². The number of aryl methyl sites for hydroxylation is 1. The van der Waals surface area contributed by atoms with Crippen LogP contribution in [0.3, 0.4) is 0 Å². The molecule has 0 aliphatic carbocycles. The van der Waals surface area contributed by atoms with E-state index in [0.29, 0.717) is 0 Å². The Morgan fingerprint density at radius 2 is 2.11 bits per heavy atom. The molecule has 8 nitrogen and oxygen atoms in total. The van der Waals surface area contributed by atoms with E-state index in [1.165, 1.54) is 10.7 Å². The molecular weight excluding hydrogens is 254 g/mol. The molecule has 1 atom stereocenters. The SMILES string of the molecule is Cn1ccc(C(=O)N[C@H](CCCC(=O)O)C(=O)O)n1. The number of rotatable bonds is 7. The highest BCUT2D eigenvalue weighted by molar-refractivity contribution is 5.94. The molecule has 0 bridgehead atoms. The van der Waals surface area contributed by atoms with E-state index in [4.69, 9.17) is 10.2 Å². The summed E-state index contributed by atoms with van der Waals surface area (Å²) in [6.07, 6.45) is 1.66. The molecule has 1 amide bonds. The predicted octanol–water partition coefficient (Wildman–Crippen LogP) is -0.142. The third-order valence-electron chi connectivity index (χ3n) is 2.43. The molecule has 1 aromatic heterocycles. The van der Waals surface area contributed by atoms with Gasteiger partial charge in [0.15, 0.2) is 0 Å². The number of hydrogen-bond donors (Lipinski definition) is 3. The maximum Gasteiger partial charge on any atom is 0.326 e. The highest BCUT2D eigenvalue weighted by Crippen LogP contribution is 2.03. The first-order valence-electron chi connectivity index (χ1n) is 5.65. The normalized spacial score (nSPS) is 11.8. The summed E-state index contributed by atoms with van der Waals surface area (Å²) in [6.45, 7) is 0. The van der Waals surface area contributed by atoms with Crippen molar-refractivity contribution in [1.29, 1.82) is 0 Å². The van der Waals surface area contributed by atoms with Gasteiger partial charge in [0.1, 0.15) is 11.7 Å². The highest BCUT2D eigenvalue weighted by Gasteiger charge is 2.21. The minimum absolute atomic E-state index is 0.0558. The van der Waals surface area contributed by atoms with Crippen LogP contribution in [0.5, 0.6) is 0 Å². The second kappa shape index (κ2) is 6.53. The molecule has 104 valence electrons. The second-order valence-electron chi connectivity index (χ2n) is 4.02. The van der Waals surface area contributed by atoms with Crippen molar-refractivity contribution in [2.75, 3.05) is 0 Å². The van der Waals surface area contributed by atoms with Crippen LogP contribution in [0.4, 0.5) is 0 Å². The number of hydrogen-bond acceptors (Lipinski definition) is 4. The minimum Gasteiger partial charge on any atom is -0.481 e. The molecule has 8 heteroatoms. The fourth-order valence-corrected chi connectivity index (χ4v) is 1.48. The lowest BCUT2D eigenvalue weighted by atomic mass is 10.1. The molecular formula is C11H15N3O5. The quantitative estimate of drug-likeness (QED) is 0.633. The Labute approximate surface area is 109 Å². The van der Waals surface area contributed by atoms with E-state index in [-0.39, 0.29) is 25.0 Å². The second-order valence-corrected chi connectivity index (χ2v) is 4.02. The molecule has 0 aliphatic rings. The number of nitrogens with one attached hydrogen (secondary N) is 1. The number of nitrogens with zero attached hydrogens (tertiary/aromatic N) is 2. The van der Waals surface area contributed by atoms with Crippen LogP contribution in [0.25, 0.3) is 0 Å². The van der Waals surface area contributed by atoms with Crippen molar-refractivity contribution in [2.45, 2.75) is 25.3 Å². The Morgan fingerprint density at radius 1 is 1.42 bits per heavy atom. The number of carbonyl (C=O) groups excluding carboxylic acids is 1. The maximum absolute atomic E-state index is 11.7. The van der Waals surface area contributed by atoms with Gasteiger partial charge in [-0.1, -0.05) is 0 Å². The summed E-state index contributed by atoms with van der Waals surface area (Å²) in [5, 5.41) is 23.6. The summed E-state index contributed by atoms with van der Waals surface area (Å²) < 4.78 is 1.43. The summed E-state index contributed by atoms with van der Waals surface area (Å²) in [6, 6.07) is 0.347. The van der Waals surface area contributed by atoms with E-state index in [2.05, 4.69) is 10.4 Å². The van der Waals surface area contributed by atoms with E-state index in [9.17, 15) is 14.4 Å². The van der Waals surface area contributed by atoms with Gasteiger partial charge in [0.05, 0.1) is 0 Å². The molecule has 0 spiro atoms. The molecule has 0 radical (unpaired) electrons. The summed E-state index contributed by atoms with van der Waals surface area (Å²) >= 11 is 0. The van der Waals surface area contributed by atoms with E-state index in [1.54, 1.807) is 13.2 Å². The smallest absolute Gasteiger partial charge is 0.326 e. The minimum atomic E-state index is -1.20. The fourth-order valence-electron chi connectivity index (χ4n) is 1.48. The van der Waals surface area contributed by atoms with Crippen molar-refractivity contribution < 1.29 is 24.6 Å². The average molecular weight is 269 g/mol. The number of carboxylic acid groups (broad SMARTS) is 2. The van der Waals surface area contributed by atoms with Crippen molar-refractivity contribution in [3.63, 3.8) is 0 Å². The van der Waals surface area contributed by atoms with Gasteiger partial charge in [-0.05, 0) is 18.9 Å². The molecule has 0 unspecified atom stereocenters. The lowest BCUT2D eigenvalue weighted by Gasteiger charge is -2.12. The van der Waals surface area contributed by atoms with Crippen LogP contribution in [0.15, 0.2) is 12.3 Å². The molecule has 19 heavy (non-hydrogen) atoms. The van der Waals surface area contributed by atoms with Gasteiger partial charge in [-0.15, -0.1) is 0 Å². The fraction of sp³-hybridized carbons (Fsp3) is 0.455.